The van der Waals surface area contributed by atoms with Crippen molar-refractivity contribution in [3.8, 4) is 0 Å². The van der Waals surface area contributed by atoms with Gasteiger partial charge in [0.2, 0.25) is 5.91 Å². The Bertz CT molecular complexity index is 258. The summed E-state index contributed by atoms with van der Waals surface area (Å²) < 4.78 is 0. The number of aliphatic carboxylic acids is 1. The number of hydrogen-bond donors (Lipinski definition) is 2. The van der Waals surface area contributed by atoms with Crippen molar-refractivity contribution in [1.82, 2.24) is 5.32 Å². The summed E-state index contributed by atoms with van der Waals surface area (Å²) in [5.74, 6) is 0.512. The lowest BCUT2D eigenvalue weighted by Gasteiger charge is -2.11. The van der Waals surface area contributed by atoms with Crippen LogP contribution in [0.15, 0.2) is 0 Å². The Morgan fingerprint density at radius 1 is 1.44 bits per heavy atom. The van der Waals surface area contributed by atoms with Gasteiger partial charge in [-0.25, -0.2) is 0 Å². The third-order valence-electron chi connectivity index (χ3n) is 2.73. The monoisotopic (exact) mass is 245 g/mol. The number of carboxylic acid groups (broad SMARTS) is 1. The zero-order valence-corrected chi connectivity index (χ0v) is 10.4. The second-order valence-corrected chi connectivity index (χ2v) is 5.27. The molecule has 16 heavy (non-hydrogen) atoms. The van der Waals surface area contributed by atoms with Crippen LogP contribution in [0.4, 0.5) is 0 Å². The summed E-state index contributed by atoms with van der Waals surface area (Å²) in [6.07, 6.45) is 3.13. The van der Waals surface area contributed by atoms with E-state index in [-0.39, 0.29) is 17.9 Å². The lowest BCUT2D eigenvalue weighted by Crippen LogP contribution is -2.34. The van der Waals surface area contributed by atoms with E-state index in [1.165, 1.54) is 0 Å². The second kappa shape index (κ2) is 6.78. The smallest absolute Gasteiger partial charge is 0.306 e. The zero-order valence-electron chi connectivity index (χ0n) is 9.57. The first-order valence-corrected chi connectivity index (χ1v) is 6.88. The largest absolute Gasteiger partial charge is 0.481 e. The van der Waals surface area contributed by atoms with Gasteiger partial charge < -0.3 is 10.4 Å². The summed E-state index contributed by atoms with van der Waals surface area (Å²) in [6.45, 7) is 2.08. The molecule has 1 saturated carbocycles. The summed E-state index contributed by atoms with van der Waals surface area (Å²) in [5.41, 5.74) is 0. The highest BCUT2D eigenvalue weighted by atomic mass is 32.2. The zero-order chi connectivity index (χ0) is 12.0. The van der Waals surface area contributed by atoms with Gasteiger partial charge >= 0.3 is 5.97 Å². The van der Waals surface area contributed by atoms with Crippen molar-refractivity contribution >= 4 is 23.6 Å². The van der Waals surface area contributed by atoms with Gasteiger partial charge in [0.15, 0.2) is 0 Å². The Morgan fingerprint density at radius 3 is 2.75 bits per heavy atom. The molecule has 0 bridgehead atoms. The first-order valence-electron chi connectivity index (χ1n) is 5.73. The molecule has 0 aromatic heterocycles. The first-order chi connectivity index (χ1) is 7.63. The molecule has 4 nitrogen and oxygen atoms in total. The van der Waals surface area contributed by atoms with Crippen LogP contribution in [0.1, 0.15) is 32.6 Å². The highest BCUT2D eigenvalue weighted by molar-refractivity contribution is 7.99. The predicted molar refractivity (Wildman–Crippen MR) is 64.5 cm³/mol. The van der Waals surface area contributed by atoms with Crippen LogP contribution in [0.3, 0.4) is 0 Å². The number of hydrogen-bond acceptors (Lipinski definition) is 3. The van der Waals surface area contributed by atoms with Crippen LogP contribution in [0.2, 0.25) is 0 Å². The average molecular weight is 245 g/mol. The van der Waals surface area contributed by atoms with E-state index in [2.05, 4.69) is 12.2 Å². The molecule has 1 aliphatic carbocycles. The lowest BCUT2D eigenvalue weighted by molar-refractivity contribution is -0.141. The Labute approximate surface area is 100 Å². The topological polar surface area (TPSA) is 66.4 Å². The molecule has 0 heterocycles. The molecule has 0 aromatic carbocycles. The van der Waals surface area contributed by atoms with E-state index in [4.69, 9.17) is 5.11 Å². The van der Waals surface area contributed by atoms with Gasteiger partial charge in [-0.1, -0.05) is 6.92 Å². The van der Waals surface area contributed by atoms with Crippen LogP contribution in [0, 0.1) is 5.92 Å². The van der Waals surface area contributed by atoms with Gasteiger partial charge in [-0.05, 0) is 31.4 Å². The van der Waals surface area contributed by atoms with Crippen LogP contribution in [0.25, 0.3) is 0 Å². The van der Waals surface area contributed by atoms with E-state index in [1.807, 2.05) is 0 Å². The van der Waals surface area contributed by atoms with Crippen molar-refractivity contribution in [2.45, 2.75) is 38.6 Å². The maximum atomic E-state index is 11.5. The Hall–Kier alpha value is -0.710. The molecule has 2 N–H and O–H groups in total. The highest BCUT2D eigenvalue weighted by Gasteiger charge is 2.30. The van der Waals surface area contributed by atoms with Crippen LogP contribution in [-0.2, 0) is 9.59 Å². The number of thioether (sulfide) groups is 1. The van der Waals surface area contributed by atoms with Gasteiger partial charge in [-0.2, -0.15) is 11.8 Å². The molecule has 5 heteroatoms. The van der Waals surface area contributed by atoms with Crippen molar-refractivity contribution in [2.24, 2.45) is 5.92 Å². The fourth-order valence-electron chi connectivity index (χ4n) is 1.92. The standard InChI is InChI=1S/C11H19NO3S/c1-2-5-16-7-10(13)12-9-4-3-8(6-9)11(14)15/h8-9H,2-7H2,1H3,(H,12,13)(H,14,15)/t8-,9+/m1/s1. The Balaban J connectivity index is 2.18. The van der Waals surface area contributed by atoms with E-state index >= 15 is 0 Å². The molecular formula is C11H19NO3S. The number of amides is 1. The number of carbonyl (C=O) groups is 2. The van der Waals surface area contributed by atoms with Gasteiger partial charge in [0, 0.05) is 6.04 Å². The van der Waals surface area contributed by atoms with Gasteiger partial charge in [0.05, 0.1) is 11.7 Å². The van der Waals surface area contributed by atoms with Gasteiger partial charge in [-0.3, -0.25) is 9.59 Å². The molecule has 1 rings (SSSR count). The molecule has 0 spiro atoms. The second-order valence-electron chi connectivity index (χ2n) is 4.17. The fourth-order valence-corrected chi connectivity index (χ4v) is 2.62. The van der Waals surface area contributed by atoms with Crippen molar-refractivity contribution in [3.63, 3.8) is 0 Å². The van der Waals surface area contributed by atoms with E-state index < -0.39 is 5.97 Å². The summed E-state index contributed by atoms with van der Waals surface area (Å²) in [7, 11) is 0. The number of carboxylic acids is 1. The van der Waals surface area contributed by atoms with Crippen molar-refractivity contribution in [3.05, 3.63) is 0 Å². The molecule has 2 atom stereocenters. The van der Waals surface area contributed by atoms with Crippen LogP contribution in [0.5, 0.6) is 0 Å². The van der Waals surface area contributed by atoms with Crippen molar-refractivity contribution in [2.75, 3.05) is 11.5 Å². The highest BCUT2D eigenvalue weighted by Crippen LogP contribution is 2.25. The van der Waals surface area contributed by atoms with Crippen LogP contribution >= 0.6 is 11.8 Å². The third kappa shape index (κ3) is 4.43. The third-order valence-corrected chi connectivity index (χ3v) is 3.89. The summed E-state index contributed by atoms with van der Waals surface area (Å²) in [6, 6.07) is 0.0656. The normalized spacial score (nSPS) is 24.3. The maximum Gasteiger partial charge on any atom is 0.306 e. The molecule has 0 unspecified atom stereocenters. The maximum absolute atomic E-state index is 11.5. The molecule has 0 aromatic rings. The molecular weight excluding hydrogens is 226 g/mol. The predicted octanol–water partition coefficient (Wildman–Crippen LogP) is 1.50. The van der Waals surface area contributed by atoms with E-state index in [1.54, 1.807) is 11.8 Å². The number of rotatable bonds is 6. The van der Waals surface area contributed by atoms with Gasteiger partial charge in [-0.15, -0.1) is 0 Å². The quantitative estimate of drug-likeness (QED) is 0.696. The number of nitrogens with one attached hydrogen (secondary N) is 1. The molecule has 1 amide bonds. The lowest BCUT2D eigenvalue weighted by atomic mass is 10.1. The van der Waals surface area contributed by atoms with Crippen LogP contribution < -0.4 is 5.32 Å². The molecule has 0 saturated heterocycles. The fraction of sp³-hybridized carbons (Fsp3) is 0.818. The van der Waals surface area contributed by atoms with Gasteiger partial charge in [0.25, 0.3) is 0 Å². The summed E-state index contributed by atoms with van der Waals surface area (Å²) >= 11 is 1.62. The van der Waals surface area contributed by atoms with Crippen molar-refractivity contribution in [1.29, 1.82) is 0 Å². The van der Waals surface area contributed by atoms with E-state index in [0.717, 1.165) is 18.6 Å². The van der Waals surface area contributed by atoms with E-state index in [0.29, 0.717) is 18.6 Å². The Kier molecular flexibility index (Phi) is 5.66. The first kappa shape index (κ1) is 13.4. The molecule has 1 aliphatic rings. The minimum absolute atomic E-state index is 0.0366. The summed E-state index contributed by atoms with van der Waals surface area (Å²) in [4.78, 5) is 22.2. The molecule has 0 radical (unpaired) electrons. The van der Waals surface area contributed by atoms with Crippen LogP contribution in [-0.4, -0.2) is 34.5 Å². The van der Waals surface area contributed by atoms with E-state index in [9.17, 15) is 9.59 Å². The number of carbonyl (C=O) groups excluding carboxylic acids is 1. The van der Waals surface area contributed by atoms with Crippen molar-refractivity contribution < 1.29 is 14.7 Å². The molecule has 0 aliphatic heterocycles. The SMILES string of the molecule is CCCSCC(=O)N[C@H]1CC[C@@H](C(=O)O)C1. The average Bonchev–Trinajstić information content (AvgIpc) is 2.66. The molecule has 92 valence electrons. The Morgan fingerprint density at radius 2 is 2.19 bits per heavy atom. The van der Waals surface area contributed by atoms with Gasteiger partial charge in [0.1, 0.15) is 0 Å². The minimum atomic E-state index is -0.739. The molecule has 1 fully saturated rings. The minimum Gasteiger partial charge on any atom is -0.481 e. The summed E-state index contributed by atoms with van der Waals surface area (Å²) in [5, 5.41) is 11.7.